The van der Waals surface area contributed by atoms with E-state index in [1.165, 1.54) is 42.7 Å². The lowest BCUT2D eigenvalue weighted by atomic mass is 9.97. The van der Waals surface area contributed by atoms with Crippen LogP contribution in [0, 0.1) is 31.5 Å². The van der Waals surface area contributed by atoms with Crippen LogP contribution in [0.15, 0.2) is 54.6 Å². The van der Waals surface area contributed by atoms with E-state index in [0.29, 0.717) is 39.8 Å². The lowest BCUT2D eigenvalue weighted by Crippen LogP contribution is -2.26. The molecule has 38 heavy (non-hydrogen) atoms. The number of hydrogen-bond donors (Lipinski definition) is 1. The summed E-state index contributed by atoms with van der Waals surface area (Å²) in [6.45, 7) is 6.26. The van der Waals surface area contributed by atoms with Gasteiger partial charge in [0.25, 0.3) is 0 Å². The Morgan fingerprint density at radius 2 is 1.71 bits per heavy atom. The number of phenolic OH excluding ortho intramolecular Hbond substituents is 1. The van der Waals surface area contributed by atoms with Gasteiger partial charge in [-0.25, -0.2) is 4.39 Å². The SMILES string of the molecule is Cc1cc(F)cc(C)c1C(=O)c1sc2cc(O)ccc2c1Oc1ccc(OCN2CCC(C3CC3)C2)cc1. The molecule has 5 nitrogen and oxygen atoms in total. The van der Waals surface area contributed by atoms with Gasteiger partial charge in [-0.15, -0.1) is 11.3 Å². The summed E-state index contributed by atoms with van der Waals surface area (Å²) in [5.74, 6) is 3.03. The van der Waals surface area contributed by atoms with Crippen LogP contribution < -0.4 is 9.47 Å². The minimum Gasteiger partial charge on any atom is -0.508 e. The van der Waals surface area contributed by atoms with Crippen molar-refractivity contribution in [2.75, 3.05) is 19.8 Å². The second kappa shape index (κ2) is 10.0. The van der Waals surface area contributed by atoms with Crippen molar-refractivity contribution in [3.63, 3.8) is 0 Å². The fraction of sp³-hybridized carbons (Fsp3) is 0.323. The third-order valence-corrected chi connectivity index (χ3v) is 8.75. The molecule has 4 aromatic rings. The normalized spacial score (nSPS) is 17.7. The van der Waals surface area contributed by atoms with E-state index in [4.69, 9.17) is 9.47 Å². The van der Waals surface area contributed by atoms with Gasteiger partial charge in [0.2, 0.25) is 5.78 Å². The molecule has 2 fully saturated rings. The molecule has 1 aliphatic heterocycles. The maximum absolute atomic E-state index is 13.9. The summed E-state index contributed by atoms with van der Waals surface area (Å²) < 4.78 is 27.0. The summed E-state index contributed by atoms with van der Waals surface area (Å²) in [5, 5.41) is 10.8. The fourth-order valence-electron chi connectivity index (χ4n) is 5.51. The quantitative estimate of drug-likeness (QED) is 0.239. The van der Waals surface area contributed by atoms with Gasteiger partial charge in [0.15, 0.2) is 5.75 Å². The Balaban J connectivity index is 1.23. The molecule has 1 saturated carbocycles. The Kier molecular flexibility index (Phi) is 6.58. The largest absolute Gasteiger partial charge is 0.508 e. The fourth-order valence-corrected chi connectivity index (χ4v) is 6.62. The second-order valence-corrected chi connectivity index (χ2v) is 11.5. The molecule has 0 radical (unpaired) electrons. The van der Waals surface area contributed by atoms with Crippen molar-refractivity contribution in [2.45, 2.75) is 33.1 Å². The average molecular weight is 532 g/mol. The van der Waals surface area contributed by atoms with Crippen LogP contribution in [0.4, 0.5) is 4.39 Å². The summed E-state index contributed by atoms with van der Waals surface area (Å²) in [6, 6.07) is 15.1. The van der Waals surface area contributed by atoms with Gasteiger partial charge in [-0.3, -0.25) is 9.69 Å². The molecular formula is C31H30FNO4S. The van der Waals surface area contributed by atoms with Gasteiger partial charge in [0, 0.05) is 28.7 Å². The summed E-state index contributed by atoms with van der Waals surface area (Å²) >= 11 is 1.26. The molecule has 196 valence electrons. The van der Waals surface area contributed by atoms with Crippen molar-refractivity contribution in [1.29, 1.82) is 0 Å². The van der Waals surface area contributed by atoms with Crippen LogP contribution in [0.5, 0.6) is 23.0 Å². The first-order chi connectivity index (χ1) is 18.4. The van der Waals surface area contributed by atoms with Gasteiger partial charge in [0.05, 0.1) is 0 Å². The molecule has 1 atom stereocenters. The zero-order valence-electron chi connectivity index (χ0n) is 21.5. The number of benzene rings is 3. The first kappa shape index (κ1) is 24.9. The maximum Gasteiger partial charge on any atom is 0.207 e. The molecule has 0 bridgehead atoms. The number of aromatic hydroxyl groups is 1. The van der Waals surface area contributed by atoms with Crippen LogP contribution >= 0.6 is 11.3 Å². The number of fused-ring (bicyclic) bond motifs is 1. The lowest BCUT2D eigenvalue weighted by Gasteiger charge is -2.17. The first-order valence-electron chi connectivity index (χ1n) is 13.1. The second-order valence-electron chi connectivity index (χ2n) is 10.5. The third-order valence-electron chi connectivity index (χ3n) is 7.61. The highest BCUT2D eigenvalue weighted by Crippen LogP contribution is 2.44. The van der Waals surface area contributed by atoms with Crippen LogP contribution in [0.25, 0.3) is 10.1 Å². The molecule has 2 aliphatic rings. The Bertz CT molecular complexity index is 1490. The van der Waals surface area contributed by atoms with Gasteiger partial charge in [-0.1, -0.05) is 0 Å². The van der Waals surface area contributed by atoms with Crippen LogP contribution in [-0.2, 0) is 0 Å². The molecule has 0 amide bonds. The first-order valence-corrected chi connectivity index (χ1v) is 13.9. The molecule has 3 aromatic carbocycles. The Morgan fingerprint density at radius 1 is 1.00 bits per heavy atom. The van der Waals surface area contributed by atoms with Crippen LogP contribution in [0.3, 0.4) is 0 Å². The highest BCUT2D eigenvalue weighted by atomic mass is 32.1. The van der Waals surface area contributed by atoms with Gasteiger partial charge in [-0.05, 0) is 111 Å². The third kappa shape index (κ3) is 5.00. The molecule has 6 rings (SSSR count). The predicted molar refractivity (Wildman–Crippen MR) is 147 cm³/mol. The molecule has 1 unspecified atom stereocenters. The Hall–Kier alpha value is -3.42. The van der Waals surface area contributed by atoms with E-state index < -0.39 is 0 Å². The predicted octanol–water partition coefficient (Wildman–Crippen LogP) is 7.45. The van der Waals surface area contributed by atoms with Crippen molar-refractivity contribution in [1.82, 2.24) is 4.90 Å². The van der Waals surface area contributed by atoms with Crippen molar-refractivity contribution in [2.24, 2.45) is 11.8 Å². The minimum atomic E-state index is -0.371. The van der Waals surface area contributed by atoms with E-state index in [9.17, 15) is 14.3 Å². The summed E-state index contributed by atoms with van der Waals surface area (Å²) in [7, 11) is 0. The van der Waals surface area contributed by atoms with E-state index in [-0.39, 0.29) is 17.3 Å². The standard InChI is InChI=1S/C31H30FNO4S/c1-18-13-22(32)14-19(2)28(18)29(35)31-30(26-10-5-23(34)15-27(26)38-31)37-25-8-6-24(7-9-25)36-17-33-12-11-21(16-33)20-3-4-20/h5-10,13-15,20-21,34H,3-4,11-12,16-17H2,1-2H3. The number of aryl methyl sites for hydroxylation is 2. The maximum atomic E-state index is 13.9. The summed E-state index contributed by atoms with van der Waals surface area (Å²) in [6.07, 6.45) is 4.04. The average Bonchev–Trinajstić information content (AvgIpc) is 3.52. The molecule has 1 N–H and O–H groups in total. The summed E-state index contributed by atoms with van der Waals surface area (Å²) in [4.78, 5) is 16.5. The smallest absolute Gasteiger partial charge is 0.207 e. The van der Waals surface area contributed by atoms with Gasteiger partial charge in [0.1, 0.15) is 34.7 Å². The van der Waals surface area contributed by atoms with E-state index in [1.807, 2.05) is 24.3 Å². The van der Waals surface area contributed by atoms with Crippen molar-refractivity contribution in [3.8, 4) is 23.0 Å². The highest BCUT2D eigenvalue weighted by molar-refractivity contribution is 7.21. The zero-order chi connectivity index (χ0) is 26.4. The Labute approximate surface area is 225 Å². The van der Waals surface area contributed by atoms with Gasteiger partial charge in [-0.2, -0.15) is 0 Å². The molecule has 1 aromatic heterocycles. The number of carbonyl (C=O) groups excluding carboxylic acids is 1. The number of phenols is 1. The van der Waals surface area contributed by atoms with Gasteiger partial charge < -0.3 is 14.6 Å². The number of thiophene rings is 1. The number of rotatable bonds is 8. The molecule has 1 saturated heterocycles. The molecule has 0 spiro atoms. The Morgan fingerprint density at radius 3 is 2.42 bits per heavy atom. The van der Waals surface area contributed by atoms with E-state index in [2.05, 4.69) is 4.90 Å². The monoisotopic (exact) mass is 531 g/mol. The summed E-state index contributed by atoms with van der Waals surface area (Å²) in [5.41, 5.74) is 1.60. The van der Waals surface area contributed by atoms with E-state index in [0.717, 1.165) is 40.8 Å². The van der Waals surface area contributed by atoms with Crippen LogP contribution in [0.2, 0.25) is 0 Å². The lowest BCUT2D eigenvalue weighted by molar-refractivity contribution is 0.103. The molecule has 7 heteroatoms. The zero-order valence-corrected chi connectivity index (χ0v) is 22.3. The minimum absolute atomic E-state index is 0.112. The van der Waals surface area contributed by atoms with Crippen molar-refractivity contribution >= 4 is 27.2 Å². The number of likely N-dealkylation sites (tertiary alicyclic amines) is 1. The molecular weight excluding hydrogens is 501 g/mol. The number of halogens is 1. The van der Waals surface area contributed by atoms with Crippen molar-refractivity contribution in [3.05, 3.63) is 82.0 Å². The molecule has 2 heterocycles. The number of carbonyl (C=O) groups is 1. The number of ketones is 1. The molecule has 1 aliphatic carbocycles. The topological polar surface area (TPSA) is 59.0 Å². The van der Waals surface area contributed by atoms with E-state index in [1.54, 1.807) is 32.0 Å². The van der Waals surface area contributed by atoms with Gasteiger partial charge >= 0.3 is 0 Å². The van der Waals surface area contributed by atoms with Crippen LogP contribution in [0.1, 0.15) is 45.6 Å². The number of hydrogen-bond acceptors (Lipinski definition) is 6. The highest BCUT2D eigenvalue weighted by Gasteiger charge is 2.35. The van der Waals surface area contributed by atoms with E-state index >= 15 is 0 Å². The van der Waals surface area contributed by atoms with Crippen molar-refractivity contribution < 1.29 is 23.8 Å². The number of nitrogens with zero attached hydrogens (tertiary/aromatic N) is 1. The number of ether oxygens (including phenoxy) is 2. The van der Waals surface area contributed by atoms with Crippen LogP contribution in [-0.4, -0.2) is 35.6 Å².